The third-order valence-electron chi connectivity index (χ3n) is 5.11. The number of Topliss-reactive ketones (excluding diaryl/α,β-unsaturated/α-hetero) is 1. The lowest BCUT2D eigenvalue weighted by Gasteiger charge is -2.16. The number of carbonyl (C=O) groups excluding carboxylic acids is 3. The van der Waals surface area contributed by atoms with Gasteiger partial charge in [-0.1, -0.05) is 61.9 Å². The van der Waals surface area contributed by atoms with Crippen LogP contribution >= 0.6 is 0 Å². The zero-order valence-electron chi connectivity index (χ0n) is 19.8. The van der Waals surface area contributed by atoms with Crippen LogP contribution in [-0.2, 0) is 16.1 Å². The largest absolute Gasteiger partial charge is 0.493 e. The summed E-state index contributed by atoms with van der Waals surface area (Å²) >= 11 is 0. The molecular formula is C28H28O7. The lowest BCUT2D eigenvalue weighted by Crippen LogP contribution is -2.16. The van der Waals surface area contributed by atoms with Crippen LogP contribution in [0.2, 0.25) is 0 Å². The molecule has 0 amide bonds. The summed E-state index contributed by atoms with van der Waals surface area (Å²) in [5, 5.41) is 0. The molecule has 35 heavy (non-hydrogen) atoms. The Morgan fingerprint density at radius 3 is 2.14 bits per heavy atom. The molecular weight excluding hydrogens is 448 g/mol. The van der Waals surface area contributed by atoms with Gasteiger partial charge in [-0.3, -0.25) is 9.59 Å². The number of carbonyl (C=O) groups is 3. The van der Waals surface area contributed by atoms with Crippen molar-refractivity contribution >= 4 is 17.7 Å². The van der Waals surface area contributed by atoms with Crippen molar-refractivity contribution in [2.45, 2.75) is 32.8 Å². The number of benzene rings is 3. The number of ether oxygens (including phenoxy) is 4. The number of hydrogen-bond acceptors (Lipinski definition) is 7. The van der Waals surface area contributed by atoms with Gasteiger partial charge in [0.2, 0.25) is 0 Å². The van der Waals surface area contributed by atoms with Gasteiger partial charge in [0.05, 0.1) is 19.3 Å². The topological polar surface area (TPSA) is 88.1 Å². The molecule has 0 heterocycles. The fourth-order valence-electron chi connectivity index (χ4n) is 3.25. The van der Waals surface area contributed by atoms with Crippen LogP contribution in [-0.4, -0.2) is 31.4 Å². The Morgan fingerprint density at radius 1 is 0.771 bits per heavy atom. The minimum Gasteiger partial charge on any atom is -0.493 e. The van der Waals surface area contributed by atoms with E-state index in [0.717, 1.165) is 18.4 Å². The average Bonchev–Trinajstić information content (AvgIpc) is 2.88. The Morgan fingerprint density at radius 2 is 1.43 bits per heavy atom. The molecule has 0 N–H and O–H groups in total. The fourth-order valence-corrected chi connectivity index (χ4v) is 3.25. The number of hydrogen-bond donors (Lipinski definition) is 0. The molecule has 0 unspecified atom stereocenters. The second-order valence-electron chi connectivity index (χ2n) is 7.67. The van der Waals surface area contributed by atoms with Gasteiger partial charge in [-0.25, -0.2) is 4.79 Å². The third kappa shape index (κ3) is 7.17. The zero-order chi connectivity index (χ0) is 25.0. The lowest BCUT2D eigenvalue weighted by molar-refractivity contribution is -0.139. The van der Waals surface area contributed by atoms with Gasteiger partial charge in [0, 0.05) is 0 Å². The van der Waals surface area contributed by atoms with Crippen molar-refractivity contribution in [2.24, 2.45) is 0 Å². The number of ketones is 1. The minimum absolute atomic E-state index is 0.0313. The van der Waals surface area contributed by atoms with E-state index >= 15 is 0 Å². The van der Waals surface area contributed by atoms with E-state index in [2.05, 4.69) is 4.74 Å². The number of unbranched alkanes of at least 4 members (excludes halogenated alkanes) is 1. The first kappa shape index (κ1) is 25.5. The number of methoxy groups -OCH3 is 1. The van der Waals surface area contributed by atoms with Crippen LogP contribution in [0, 0.1) is 0 Å². The summed E-state index contributed by atoms with van der Waals surface area (Å²) in [5.74, 6) is -1.28. The summed E-state index contributed by atoms with van der Waals surface area (Å²) < 4.78 is 22.0. The van der Waals surface area contributed by atoms with Gasteiger partial charge in [-0.15, -0.1) is 0 Å². The average molecular weight is 477 g/mol. The first-order valence-electron chi connectivity index (χ1n) is 11.4. The maximum atomic E-state index is 13.4. The van der Waals surface area contributed by atoms with Gasteiger partial charge in [-0.05, 0) is 36.2 Å². The van der Waals surface area contributed by atoms with Crippen molar-refractivity contribution < 1.29 is 33.3 Å². The van der Waals surface area contributed by atoms with Crippen LogP contribution in [0.1, 0.15) is 52.5 Å². The van der Waals surface area contributed by atoms with E-state index in [9.17, 15) is 14.4 Å². The normalized spacial score (nSPS) is 10.3. The van der Waals surface area contributed by atoms with Gasteiger partial charge < -0.3 is 18.9 Å². The molecule has 0 saturated carbocycles. The Kier molecular flexibility index (Phi) is 9.42. The smallest absolute Gasteiger partial charge is 0.351 e. The molecule has 3 aromatic carbocycles. The van der Waals surface area contributed by atoms with Crippen molar-refractivity contribution in [1.29, 1.82) is 0 Å². The quantitative estimate of drug-likeness (QED) is 0.114. The van der Waals surface area contributed by atoms with Crippen LogP contribution in [0.15, 0.2) is 72.8 Å². The first-order valence-corrected chi connectivity index (χ1v) is 11.4. The molecule has 0 radical (unpaired) electrons. The van der Waals surface area contributed by atoms with Gasteiger partial charge in [-0.2, -0.15) is 0 Å². The van der Waals surface area contributed by atoms with Gasteiger partial charge in [0.1, 0.15) is 35.8 Å². The molecule has 3 rings (SSSR count). The summed E-state index contributed by atoms with van der Waals surface area (Å²) in [6.07, 6.45) is 1.28. The molecule has 3 aromatic rings. The predicted molar refractivity (Wildman–Crippen MR) is 130 cm³/mol. The summed E-state index contributed by atoms with van der Waals surface area (Å²) in [7, 11) is 1.20. The second-order valence-corrected chi connectivity index (χ2v) is 7.67. The number of para-hydroxylation sites is 1. The maximum Gasteiger partial charge on any atom is 0.351 e. The van der Waals surface area contributed by atoms with E-state index in [1.165, 1.54) is 19.2 Å². The van der Waals surface area contributed by atoms with Crippen LogP contribution in [0.3, 0.4) is 0 Å². The molecule has 0 atom stereocenters. The standard InChI is InChI=1S/C28H28O7/c1-3-4-17-33-24-15-10-16-25(34-19-20-11-6-5-7-12-20)27(24)28(31)35-23-14-9-8-13-21(23)22(29)18-26(30)32-2/h5-16H,3-4,17-19H2,1-2H3. The Hall–Kier alpha value is -4.13. The highest BCUT2D eigenvalue weighted by molar-refractivity contribution is 6.08. The number of rotatable bonds is 12. The molecule has 0 aliphatic rings. The van der Waals surface area contributed by atoms with E-state index in [1.54, 1.807) is 30.3 Å². The fraction of sp³-hybridized carbons (Fsp3) is 0.250. The van der Waals surface area contributed by atoms with Crippen molar-refractivity contribution in [2.75, 3.05) is 13.7 Å². The van der Waals surface area contributed by atoms with Gasteiger partial charge in [0.15, 0.2) is 5.78 Å². The van der Waals surface area contributed by atoms with Crippen LogP contribution in [0.25, 0.3) is 0 Å². The molecule has 0 aliphatic heterocycles. The molecule has 7 nitrogen and oxygen atoms in total. The Labute approximate surface area is 204 Å². The molecule has 0 spiro atoms. The molecule has 0 bridgehead atoms. The second kappa shape index (κ2) is 12.9. The van der Waals surface area contributed by atoms with Crippen molar-refractivity contribution in [3.05, 3.63) is 89.5 Å². The van der Waals surface area contributed by atoms with Crippen LogP contribution in [0.5, 0.6) is 17.2 Å². The summed E-state index contributed by atoms with van der Waals surface area (Å²) in [6, 6.07) is 20.9. The van der Waals surface area contributed by atoms with Crippen molar-refractivity contribution in [3.8, 4) is 17.2 Å². The summed E-state index contributed by atoms with van der Waals surface area (Å²) in [4.78, 5) is 37.5. The highest BCUT2D eigenvalue weighted by Gasteiger charge is 2.24. The van der Waals surface area contributed by atoms with Gasteiger partial charge in [0.25, 0.3) is 0 Å². The van der Waals surface area contributed by atoms with E-state index in [-0.39, 0.29) is 23.5 Å². The SMILES string of the molecule is CCCCOc1cccc(OCc2ccccc2)c1C(=O)Oc1ccccc1C(=O)CC(=O)OC. The molecule has 7 heteroatoms. The summed E-state index contributed by atoms with van der Waals surface area (Å²) in [5.41, 5.74) is 1.15. The monoisotopic (exact) mass is 476 g/mol. The zero-order valence-corrected chi connectivity index (χ0v) is 19.8. The summed E-state index contributed by atoms with van der Waals surface area (Å²) in [6.45, 7) is 2.71. The number of esters is 2. The van der Waals surface area contributed by atoms with Crippen molar-refractivity contribution in [1.82, 2.24) is 0 Å². The molecule has 182 valence electrons. The first-order chi connectivity index (χ1) is 17.0. The van der Waals surface area contributed by atoms with E-state index in [4.69, 9.17) is 14.2 Å². The molecule has 0 saturated heterocycles. The highest BCUT2D eigenvalue weighted by atomic mass is 16.5. The van der Waals surface area contributed by atoms with E-state index in [1.807, 2.05) is 37.3 Å². The molecule has 0 aromatic heterocycles. The maximum absolute atomic E-state index is 13.4. The third-order valence-corrected chi connectivity index (χ3v) is 5.11. The van der Waals surface area contributed by atoms with Crippen LogP contribution in [0.4, 0.5) is 0 Å². The Balaban J connectivity index is 1.89. The van der Waals surface area contributed by atoms with Crippen LogP contribution < -0.4 is 14.2 Å². The van der Waals surface area contributed by atoms with Crippen molar-refractivity contribution in [3.63, 3.8) is 0 Å². The minimum atomic E-state index is -0.738. The highest BCUT2D eigenvalue weighted by Crippen LogP contribution is 2.32. The predicted octanol–water partition coefficient (Wildman–Crippen LogP) is 5.41. The molecule has 0 aliphatic carbocycles. The van der Waals surface area contributed by atoms with E-state index < -0.39 is 24.1 Å². The van der Waals surface area contributed by atoms with E-state index in [0.29, 0.717) is 18.1 Å². The Bertz CT molecular complexity index is 1150. The lowest BCUT2D eigenvalue weighted by atomic mass is 10.1. The van der Waals surface area contributed by atoms with Gasteiger partial charge >= 0.3 is 11.9 Å². The molecule has 0 fully saturated rings.